The molecule has 4 nitrogen and oxygen atoms in total. The quantitative estimate of drug-likeness (QED) is 0.650. The van der Waals surface area contributed by atoms with Crippen LogP contribution in [0.5, 0.6) is 0 Å². The molecule has 8 heteroatoms. The van der Waals surface area contributed by atoms with E-state index in [4.69, 9.17) is 0 Å². The summed E-state index contributed by atoms with van der Waals surface area (Å²) < 4.78 is 56.2. The van der Waals surface area contributed by atoms with Gasteiger partial charge in [0.15, 0.2) is 0 Å². The fourth-order valence-corrected chi connectivity index (χ4v) is 2.31. The summed E-state index contributed by atoms with van der Waals surface area (Å²) in [4.78, 5) is 24.1. The minimum Gasteiger partial charge on any atom is -0.467 e. The lowest BCUT2D eigenvalue weighted by Gasteiger charge is -2.17. The van der Waals surface area contributed by atoms with Gasteiger partial charge in [0.25, 0.3) is 5.91 Å². The minimum absolute atomic E-state index is 0.0743. The van der Waals surface area contributed by atoms with Gasteiger partial charge in [0.2, 0.25) is 0 Å². The average molecular weight is 369 g/mol. The van der Waals surface area contributed by atoms with Gasteiger partial charge in [0, 0.05) is 12.0 Å². The van der Waals surface area contributed by atoms with Gasteiger partial charge in [0.1, 0.15) is 11.9 Å². The number of halogens is 4. The van der Waals surface area contributed by atoms with Gasteiger partial charge in [-0.1, -0.05) is 18.2 Å². The Balaban J connectivity index is 2.20. The third kappa shape index (κ3) is 5.05. The van der Waals surface area contributed by atoms with Gasteiger partial charge >= 0.3 is 12.1 Å². The molecular formula is C18H15F4NO3. The molecule has 0 aliphatic carbocycles. The van der Waals surface area contributed by atoms with Gasteiger partial charge in [-0.3, -0.25) is 4.79 Å². The molecule has 1 N–H and O–H groups in total. The molecule has 0 heterocycles. The van der Waals surface area contributed by atoms with E-state index in [0.29, 0.717) is 11.6 Å². The highest BCUT2D eigenvalue weighted by Gasteiger charge is 2.31. The van der Waals surface area contributed by atoms with Gasteiger partial charge in [0.05, 0.1) is 12.7 Å². The summed E-state index contributed by atoms with van der Waals surface area (Å²) in [6.45, 7) is 0. The van der Waals surface area contributed by atoms with Crippen LogP contribution in [0.15, 0.2) is 48.5 Å². The van der Waals surface area contributed by atoms with Gasteiger partial charge in [-0.15, -0.1) is 0 Å². The Morgan fingerprint density at radius 1 is 1.12 bits per heavy atom. The molecule has 0 saturated carbocycles. The van der Waals surface area contributed by atoms with Crippen molar-refractivity contribution in [3.05, 3.63) is 71.0 Å². The normalized spacial score (nSPS) is 12.3. The Bertz CT molecular complexity index is 805. The van der Waals surface area contributed by atoms with E-state index in [-0.39, 0.29) is 12.0 Å². The summed E-state index contributed by atoms with van der Waals surface area (Å²) in [6.07, 6.45) is -4.67. The Kier molecular flexibility index (Phi) is 5.97. The number of nitrogens with one attached hydrogen (secondary N) is 1. The number of carbonyl (C=O) groups excluding carboxylic acids is 2. The lowest BCUT2D eigenvalue weighted by molar-refractivity contribution is -0.143. The van der Waals surface area contributed by atoms with E-state index in [1.54, 1.807) is 6.07 Å². The van der Waals surface area contributed by atoms with E-state index in [2.05, 4.69) is 10.1 Å². The number of methoxy groups -OCH3 is 1. The van der Waals surface area contributed by atoms with E-state index >= 15 is 0 Å². The van der Waals surface area contributed by atoms with E-state index in [1.807, 2.05) is 0 Å². The van der Waals surface area contributed by atoms with E-state index < -0.39 is 35.5 Å². The van der Waals surface area contributed by atoms with Gasteiger partial charge in [-0.2, -0.15) is 13.2 Å². The van der Waals surface area contributed by atoms with Crippen molar-refractivity contribution in [3.63, 3.8) is 0 Å². The highest BCUT2D eigenvalue weighted by Crippen LogP contribution is 2.29. The second-order valence-corrected chi connectivity index (χ2v) is 5.46. The van der Waals surface area contributed by atoms with Crippen LogP contribution in [0.3, 0.4) is 0 Å². The first kappa shape index (κ1) is 19.4. The predicted molar refractivity (Wildman–Crippen MR) is 84.8 cm³/mol. The number of rotatable bonds is 5. The molecule has 0 spiro atoms. The standard InChI is InChI=1S/C18H15F4NO3/c1-26-17(25)15(9-11-4-2-7-14(19)8-11)23-16(24)12-5-3-6-13(10-12)18(20,21)22/h2-8,10,15H,9H2,1H3,(H,23,24)/t15-/m1/s1. The maximum atomic E-state index is 13.3. The zero-order chi connectivity index (χ0) is 19.3. The SMILES string of the molecule is COC(=O)[C@@H](Cc1cccc(F)c1)NC(=O)c1cccc(C(F)(F)F)c1. The Morgan fingerprint density at radius 3 is 2.42 bits per heavy atom. The summed E-state index contributed by atoms with van der Waals surface area (Å²) in [5.74, 6) is -2.19. The predicted octanol–water partition coefficient (Wildman–Crippen LogP) is 3.36. The maximum absolute atomic E-state index is 13.3. The number of hydrogen-bond donors (Lipinski definition) is 1. The van der Waals surface area contributed by atoms with Crippen molar-refractivity contribution in [2.24, 2.45) is 0 Å². The highest BCUT2D eigenvalue weighted by atomic mass is 19.4. The van der Waals surface area contributed by atoms with E-state index in [9.17, 15) is 27.2 Å². The van der Waals surface area contributed by atoms with Crippen molar-refractivity contribution < 1.29 is 31.9 Å². The third-order valence-electron chi connectivity index (χ3n) is 3.57. The van der Waals surface area contributed by atoms with Crippen molar-refractivity contribution in [2.45, 2.75) is 18.6 Å². The number of alkyl halides is 3. The lowest BCUT2D eigenvalue weighted by Crippen LogP contribution is -2.43. The van der Waals surface area contributed by atoms with Crippen LogP contribution in [0.1, 0.15) is 21.5 Å². The molecule has 0 aliphatic rings. The van der Waals surface area contributed by atoms with E-state index in [1.165, 1.54) is 24.3 Å². The maximum Gasteiger partial charge on any atom is 0.416 e. The monoisotopic (exact) mass is 369 g/mol. The van der Waals surface area contributed by atoms with Crippen molar-refractivity contribution in [2.75, 3.05) is 7.11 Å². The number of carbonyl (C=O) groups is 2. The average Bonchev–Trinajstić information content (AvgIpc) is 2.60. The van der Waals surface area contributed by atoms with Crippen molar-refractivity contribution in [3.8, 4) is 0 Å². The molecule has 0 bridgehead atoms. The number of amides is 1. The fourth-order valence-electron chi connectivity index (χ4n) is 2.31. The zero-order valence-corrected chi connectivity index (χ0v) is 13.6. The summed E-state index contributed by atoms with van der Waals surface area (Å²) >= 11 is 0. The zero-order valence-electron chi connectivity index (χ0n) is 13.6. The number of esters is 1. The van der Waals surface area contributed by atoms with Crippen LogP contribution in [0, 0.1) is 5.82 Å². The van der Waals surface area contributed by atoms with E-state index in [0.717, 1.165) is 19.2 Å². The lowest BCUT2D eigenvalue weighted by atomic mass is 10.0. The van der Waals surface area contributed by atoms with Gasteiger partial charge < -0.3 is 10.1 Å². The molecule has 2 rings (SSSR count). The van der Waals surface area contributed by atoms with Crippen LogP contribution in [0.4, 0.5) is 17.6 Å². The summed E-state index contributed by atoms with van der Waals surface area (Å²) in [5, 5.41) is 2.33. The van der Waals surface area contributed by atoms with Crippen LogP contribution >= 0.6 is 0 Å². The van der Waals surface area contributed by atoms with Crippen LogP contribution < -0.4 is 5.32 Å². The molecule has 2 aromatic carbocycles. The highest BCUT2D eigenvalue weighted by molar-refractivity contribution is 5.97. The molecule has 1 atom stereocenters. The Labute approximate surface area is 146 Å². The molecule has 0 aliphatic heterocycles. The van der Waals surface area contributed by atoms with Crippen molar-refractivity contribution >= 4 is 11.9 Å². The molecule has 2 aromatic rings. The molecule has 0 unspecified atom stereocenters. The second-order valence-electron chi connectivity index (χ2n) is 5.46. The molecule has 0 aromatic heterocycles. The Morgan fingerprint density at radius 2 is 1.81 bits per heavy atom. The van der Waals surface area contributed by atoms with Gasteiger partial charge in [-0.25, -0.2) is 9.18 Å². The number of benzene rings is 2. The largest absolute Gasteiger partial charge is 0.467 e. The first-order valence-corrected chi connectivity index (χ1v) is 7.51. The fraction of sp³-hybridized carbons (Fsp3) is 0.222. The summed E-state index contributed by atoms with van der Waals surface area (Å²) in [5.41, 5.74) is -0.817. The smallest absolute Gasteiger partial charge is 0.416 e. The first-order chi connectivity index (χ1) is 12.2. The molecule has 26 heavy (non-hydrogen) atoms. The molecule has 0 fully saturated rings. The molecule has 0 saturated heterocycles. The molecular weight excluding hydrogens is 354 g/mol. The molecule has 138 valence electrons. The Hall–Kier alpha value is -2.90. The topological polar surface area (TPSA) is 55.4 Å². The second kappa shape index (κ2) is 7.99. The van der Waals surface area contributed by atoms with Crippen LogP contribution in [-0.2, 0) is 22.1 Å². The van der Waals surface area contributed by atoms with Gasteiger partial charge in [-0.05, 0) is 35.9 Å². The summed E-state index contributed by atoms with van der Waals surface area (Å²) in [7, 11) is 1.11. The molecule has 0 radical (unpaired) electrons. The van der Waals surface area contributed by atoms with Crippen LogP contribution in [-0.4, -0.2) is 25.0 Å². The van der Waals surface area contributed by atoms with Crippen molar-refractivity contribution in [1.29, 1.82) is 0 Å². The van der Waals surface area contributed by atoms with Crippen molar-refractivity contribution in [1.82, 2.24) is 5.32 Å². The van der Waals surface area contributed by atoms with Crippen LogP contribution in [0.2, 0.25) is 0 Å². The summed E-state index contributed by atoms with van der Waals surface area (Å²) in [6, 6.07) is 8.03. The first-order valence-electron chi connectivity index (χ1n) is 7.51. The van der Waals surface area contributed by atoms with Crippen LogP contribution in [0.25, 0.3) is 0 Å². The minimum atomic E-state index is -4.60. The molecule has 1 amide bonds. The number of hydrogen-bond acceptors (Lipinski definition) is 3. The number of ether oxygens (including phenoxy) is 1. The third-order valence-corrected chi connectivity index (χ3v) is 3.57.